The van der Waals surface area contributed by atoms with Crippen LogP contribution >= 0.6 is 0 Å². The lowest BCUT2D eigenvalue weighted by atomic mass is 10.0. The van der Waals surface area contributed by atoms with Gasteiger partial charge in [0.1, 0.15) is 18.1 Å². The molecule has 0 spiro atoms. The summed E-state index contributed by atoms with van der Waals surface area (Å²) in [5, 5.41) is 16.5. The fourth-order valence-electron chi connectivity index (χ4n) is 2.73. The Morgan fingerprint density at radius 3 is 2.16 bits per heavy atom. The number of primary amides is 1. The second kappa shape index (κ2) is 12.3. The summed E-state index contributed by atoms with van der Waals surface area (Å²) in [4.78, 5) is 66.4. The molecule has 1 rings (SSSR count). The van der Waals surface area contributed by atoms with E-state index in [9.17, 15) is 29.1 Å². The molecule has 172 valence electrons. The van der Waals surface area contributed by atoms with E-state index in [1.165, 1.54) is 12.5 Å². The number of aliphatic carboxylic acids is 1. The zero-order valence-corrected chi connectivity index (χ0v) is 17.4. The van der Waals surface area contributed by atoms with Gasteiger partial charge in [0.2, 0.25) is 23.6 Å². The summed E-state index contributed by atoms with van der Waals surface area (Å²) in [6.07, 6.45) is 2.35. The number of hydrogen-bond acceptors (Lipinski definition) is 7. The van der Waals surface area contributed by atoms with E-state index in [4.69, 9.17) is 11.5 Å². The van der Waals surface area contributed by atoms with E-state index in [1.807, 2.05) is 13.8 Å². The van der Waals surface area contributed by atoms with Gasteiger partial charge < -0.3 is 37.5 Å². The van der Waals surface area contributed by atoms with Gasteiger partial charge in [-0.3, -0.25) is 19.2 Å². The number of carbonyl (C=O) groups excluding carboxylic acids is 4. The number of nitrogens with one attached hydrogen (secondary N) is 4. The van der Waals surface area contributed by atoms with Gasteiger partial charge in [0.05, 0.1) is 19.3 Å². The van der Waals surface area contributed by atoms with Gasteiger partial charge in [-0.2, -0.15) is 0 Å². The van der Waals surface area contributed by atoms with Gasteiger partial charge >= 0.3 is 5.97 Å². The minimum Gasteiger partial charge on any atom is -0.480 e. The summed E-state index contributed by atoms with van der Waals surface area (Å²) in [6.45, 7) is 3.33. The van der Waals surface area contributed by atoms with Crippen LogP contribution in [0.25, 0.3) is 0 Å². The highest BCUT2D eigenvalue weighted by atomic mass is 16.4. The van der Waals surface area contributed by atoms with E-state index < -0.39 is 54.1 Å². The number of imidazole rings is 1. The first-order valence-corrected chi connectivity index (χ1v) is 9.62. The smallest absolute Gasteiger partial charge is 0.326 e. The van der Waals surface area contributed by atoms with Crippen LogP contribution in [-0.4, -0.2) is 69.3 Å². The van der Waals surface area contributed by atoms with Crippen molar-refractivity contribution in [3.63, 3.8) is 0 Å². The van der Waals surface area contributed by atoms with E-state index in [0.717, 1.165) is 0 Å². The minimum absolute atomic E-state index is 0.0167. The Bertz CT molecular complexity index is 780. The second-order valence-corrected chi connectivity index (χ2v) is 7.37. The number of rotatable bonds is 13. The fraction of sp³-hybridized carbons (Fsp3) is 0.556. The standard InChI is InChI=1S/C18H29N7O6/c1-9(2)3-11(23-15(27)6-19)16(28)24-12(5-14(20)26)17(29)25-13(18(30)31)4-10-7-21-8-22-10/h7-9,11-13H,3-6,19H2,1-2H3,(H2,20,26)(H,21,22)(H,23,27)(H,24,28)(H,25,29)(H,30,31). The molecule has 31 heavy (non-hydrogen) atoms. The van der Waals surface area contributed by atoms with Gasteiger partial charge in [0.15, 0.2) is 0 Å². The summed E-state index contributed by atoms with van der Waals surface area (Å²) >= 11 is 0. The molecule has 9 N–H and O–H groups in total. The van der Waals surface area contributed by atoms with Gasteiger partial charge in [0, 0.05) is 18.3 Å². The van der Waals surface area contributed by atoms with E-state index in [-0.39, 0.29) is 25.3 Å². The molecule has 0 aliphatic heterocycles. The highest BCUT2D eigenvalue weighted by Gasteiger charge is 2.31. The second-order valence-electron chi connectivity index (χ2n) is 7.37. The highest BCUT2D eigenvalue weighted by Crippen LogP contribution is 2.07. The third kappa shape index (κ3) is 9.25. The number of aromatic amines is 1. The topological polar surface area (TPSA) is 222 Å². The number of carboxylic acids is 1. The van der Waals surface area contributed by atoms with Crippen molar-refractivity contribution in [2.45, 2.75) is 51.2 Å². The maximum absolute atomic E-state index is 12.7. The third-order valence-corrected chi connectivity index (χ3v) is 4.18. The minimum atomic E-state index is -1.43. The van der Waals surface area contributed by atoms with Crippen molar-refractivity contribution < 1.29 is 29.1 Å². The van der Waals surface area contributed by atoms with Crippen molar-refractivity contribution in [3.05, 3.63) is 18.2 Å². The van der Waals surface area contributed by atoms with E-state index >= 15 is 0 Å². The molecule has 1 heterocycles. The molecule has 0 aliphatic carbocycles. The molecule has 1 aromatic heterocycles. The molecule has 0 bridgehead atoms. The molecule has 0 radical (unpaired) electrons. The number of carbonyl (C=O) groups is 5. The molecule has 3 atom stereocenters. The molecule has 13 nitrogen and oxygen atoms in total. The average molecular weight is 439 g/mol. The molecule has 0 aliphatic rings. The monoisotopic (exact) mass is 439 g/mol. The van der Waals surface area contributed by atoms with E-state index in [1.54, 1.807) is 0 Å². The van der Waals surface area contributed by atoms with Gasteiger partial charge in [-0.05, 0) is 12.3 Å². The lowest BCUT2D eigenvalue weighted by Gasteiger charge is -2.24. The summed E-state index contributed by atoms with van der Waals surface area (Å²) < 4.78 is 0. The first-order chi connectivity index (χ1) is 14.5. The Hall–Kier alpha value is -3.48. The van der Waals surface area contributed by atoms with Gasteiger partial charge in [-0.25, -0.2) is 9.78 Å². The van der Waals surface area contributed by atoms with Crippen LogP contribution in [0.3, 0.4) is 0 Å². The van der Waals surface area contributed by atoms with E-state index in [0.29, 0.717) is 5.69 Å². The van der Waals surface area contributed by atoms with Crippen molar-refractivity contribution in [1.29, 1.82) is 0 Å². The summed E-state index contributed by atoms with van der Waals surface area (Å²) in [7, 11) is 0. The molecular formula is C18H29N7O6. The molecule has 13 heteroatoms. The normalized spacial score (nSPS) is 13.7. The van der Waals surface area contributed by atoms with E-state index in [2.05, 4.69) is 25.9 Å². The average Bonchev–Trinajstić information content (AvgIpc) is 3.18. The van der Waals surface area contributed by atoms with Crippen molar-refractivity contribution in [2.24, 2.45) is 17.4 Å². The molecular weight excluding hydrogens is 410 g/mol. The summed E-state index contributed by atoms with van der Waals surface area (Å²) in [5.41, 5.74) is 10.9. The number of amides is 4. The van der Waals surface area contributed by atoms with Crippen molar-refractivity contribution in [3.8, 4) is 0 Å². The first-order valence-electron chi connectivity index (χ1n) is 9.62. The molecule has 1 aromatic rings. The van der Waals surface area contributed by atoms with Crippen LogP contribution < -0.4 is 27.4 Å². The molecule has 0 saturated heterocycles. The lowest BCUT2D eigenvalue weighted by molar-refractivity contribution is -0.142. The zero-order chi connectivity index (χ0) is 23.6. The Kier molecular flexibility index (Phi) is 10.1. The largest absolute Gasteiger partial charge is 0.480 e. The number of carboxylic acid groups (broad SMARTS) is 1. The van der Waals surface area contributed by atoms with Crippen LogP contribution in [0.5, 0.6) is 0 Å². The highest BCUT2D eigenvalue weighted by molar-refractivity contribution is 5.95. The molecule has 0 fully saturated rings. The first kappa shape index (κ1) is 25.6. The molecule has 0 saturated carbocycles. The number of nitrogens with zero attached hydrogens (tertiary/aromatic N) is 1. The number of H-pyrrole nitrogens is 1. The number of nitrogens with two attached hydrogens (primary N) is 2. The van der Waals surface area contributed by atoms with Crippen LogP contribution in [-0.2, 0) is 30.4 Å². The molecule has 3 unspecified atom stereocenters. The van der Waals surface area contributed by atoms with Crippen LogP contribution in [0.2, 0.25) is 0 Å². The molecule has 4 amide bonds. The fourth-order valence-corrected chi connectivity index (χ4v) is 2.73. The summed E-state index contributed by atoms with van der Waals surface area (Å²) in [5.74, 6) is -4.39. The van der Waals surface area contributed by atoms with Gasteiger partial charge in [-0.15, -0.1) is 0 Å². The Labute approximate surface area is 178 Å². The van der Waals surface area contributed by atoms with Crippen LogP contribution in [0, 0.1) is 5.92 Å². The lowest BCUT2D eigenvalue weighted by Crippen LogP contribution is -2.57. The van der Waals surface area contributed by atoms with Crippen LogP contribution in [0.4, 0.5) is 0 Å². The third-order valence-electron chi connectivity index (χ3n) is 4.18. The Morgan fingerprint density at radius 1 is 1.06 bits per heavy atom. The Balaban J connectivity index is 2.94. The predicted octanol–water partition coefficient (Wildman–Crippen LogP) is -2.63. The van der Waals surface area contributed by atoms with Crippen LogP contribution in [0.1, 0.15) is 32.4 Å². The van der Waals surface area contributed by atoms with Crippen molar-refractivity contribution in [2.75, 3.05) is 6.54 Å². The molecule has 0 aromatic carbocycles. The SMILES string of the molecule is CC(C)CC(NC(=O)CN)C(=O)NC(CC(N)=O)C(=O)NC(Cc1cnc[nH]1)C(=O)O. The zero-order valence-electron chi connectivity index (χ0n) is 17.4. The van der Waals surface area contributed by atoms with Crippen LogP contribution in [0.15, 0.2) is 12.5 Å². The quantitative estimate of drug-likeness (QED) is 0.172. The maximum atomic E-state index is 12.7. The van der Waals surface area contributed by atoms with Gasteiger partial charge in [-0.1, -0.05) is 13.8 Å². The predicted molar refractivity (Wildman–Crippen MR) is 108 cm³/mol. The maximum Gasteiger partial charge on any atom is 0.326 e. The van der Waals surface area contributed by atoms with Gasteiger partial charge in [0.25, 0.3) is 0 Å². The number of aromatic nitrogens is 2. The summed E-state index contributed by atoms with van der Waals surface area (Å²) in [6, 6.07) is -3.78. The number of hydrogen-bond donors (Lipinski definition) is 7. The Morgan fingerprint density at radius 2 is 1.68 bits per heavy atom. The van der Waals surface area contributed by atoms with Crippen molar-refractivity contribution in [1.82, 2.24) is 25.9 Å². The van der Waals surface area contributed by atoms with Crippen molar-refractivity contribution >= 4 is 29.6 Å².